The van der Waals surface area contributed by atoms with E-state index in [-0.39, 0.29) is 5.41 Å². The molecule has 0 spiro atoms. The van der Waals surface area contributed by atoms with Crippen LogP contribution in [0.5, 0.6) is 0 Å². The summed E-state index contributed by atoms with van der Waals surface area (Å²) >= 11 is 0. The lowest BCUT2D eigenvalue weighted by Crippen LogP contribution is -2.37. The summed E-state index contributed by atoms with van der Waals surface area (Å²) in [6.45, 7) is 11.4. The van der Waals surface area contributed by atoms with E-state index in [9.17, 15) is 0 Å². The topological polar surface area (TPSA) is 15.3 Å². The molecule has 1 saturated heterocycles. The summed E-state index contributed by atoms with van der Waals surface area (Å²) in [6.07, 6.45) is 2.73. The molecule has 1 aliphatic rings. The number of hydrogen-bond donors (Lipinski definition) is 1. The molecular weight excluding hydrogens is 244 g/mol. The van der Waals surface area contributed by atoms with Crippen LogP contribution in [0, 0.1) is 5.92 Å². The van der Waals surface area contributed by atoms with Gasteiger partial charge in [-0.05, 0) is 55.4 Å². The molecule has 20 heavy (non-hydrogen) atoms. The Morgan fingerprint density at radius 2 is 1.90 bits per heavy atom. The average Bonchev–Trinajstić information content (AvgIpc) is 2.38. The summed E-state index contributed by atoms with van der Waals surface area (Å²) in [4.78, 5) is 2.45. The standard InChI is InChI=1S/C18H30N2/c1-18(2,3)17-9-7-15(8-10-17)12-19-13-16-6-5-11-20(4)14-16/h7-10,16,19H,5-6,11-14H2,1-4H3. The van der Waals surface area contributed by atoms with E-state index in [1.807, 2.05) is 0 Å². The highest BCUT2D eigenvalue weighted by Crippen LogP contribution is 2.22. The Balaban J connectivity index is 1.77. The summed E-state index contributed by atoms with van der Waals surface area (Å²) in [7, 11) is 2.23. The predicted octanol–water partition coefficient (Wildman–Crippen LogP) is 3.42. The van der Waals surface area contributed by atoms with Crippen LogP contribution in [0.3, 0.4) is 0 Å². The van der Waals surface area contributed by atoms with E-state index in [2.05, 4.69) is 62.3 Å². The summed E-state index contributed by atoms with van der Waals surface area (Å²) in [5.74, 6) is 0.822. The van der Waals surface area contributed by atoms with Crippen LogP contribution in [0.1, 0.15) is 44.7 Å². The maximum atomic E-state index is 3.62. The quantitative estimate of drug-likeness (QED) is 0.905. The fourth-order valence-corrected chi connectivity index (χ4v) is 2.98. The summed E-state index contributed by atoms with van der Waals surface area (Å²) in [5, 5.41) is 3.62. The lowest BCUT2D eigenvalue weighted by molar-refractivity contribution is 0.206. The number of nitrogens with zero attached hydrogens (tertiary/aromatic N) is 1. The Labute approximate surface area is 124 Å². The molecule has 2 rings (SSSR count). The third kappa shape index (κ3) is 4.60. The molecule has 2 nitrogen and oxygen atoms in total. The van der Waals surface area contributed by atoms with Crippen LogP contribution in [0.25, 0.3) is 0 Å². The van der Waals surface area contributed by atoms with Gasteiger partial charge in [-0.25, -0.2) is 0 Å². The minimum atomic E-state index is 0.249. The second-order valence-corrected chi connectivity index (χ2v) is 7.35. The molecule has 0 amide bonds. The van der Waals surface area contributed by atoms with Crippen molar-refractivity contribution >= 4 is 0 Å². The SMILES string of the molecule is CN1CCCC(CNCc2ccc(C(C)(C)C)cc2)C1. The van der Waals surface area contributed by atoms with Gasteiger partial charge in [0, 0.05) is 13.1 Å². The molecule has 0 aliphatic carbocycles. The van der Waals surface area contributed by atoms with Crippen molar-refractivity contribution in [3.05, 3.63) is 35.4 Å². The van der Waals surface area contributed by atoms with Gasteiger partial charge in [0.15, 0.2) is 0 Å². The molecule has 0 radical (unpaired) electrons. The number of likely N-dealkylation sites (tertiary alicyclic amines) is 1. The van der Waals surface area contributed by atoms with Crippen molar-refractivity contribution in [1.82, 2.24) is 10.2 Å². The van der Waals surface area contributed by atoms with E-state index in [0.717, 1.165) is 19.0 Å². The Bertz CT molecular complexity index is 402. The molecule has 0 saturated carbocycles. The van der Waals surface area contributed by atoms with Crippen molar-refractivity contribution in [2.75, 3.05) is 26.7 Å². The molecule has 0 bridgehead atoms. The van der Waals surface area contributed by atoms with E-state index in [4.69, 9.17) is 0 Å². The van der Waals surface area contributed by atoms with Gasteiger partial charge in [-0.2, -0.15) is 0 Å². The number of piperidine rings is 1. The van der Waals surface area contributed by atoms with E-state index in [1.165, 1.54) is 37.1 Å². The minimum absolute atomic E-state index is 0.249. The van der Waals surface area contributed by atoms with E-state index in [0.29, 0.717) is 0 Å². The summed E-state index contributed by atoms with van der Waals surface area (Å²) < 4.78 is 0. The zero-order valence-corrected chi connectivity index (χ0v) is 13.6. The van der Waals surface area contributed by atoms with Crippen LogP contribution in [-0.4, -0.2) is 31.6 Å². The molecule has 1 aromatic carbocycles. The minimum Gasteiger partial charge on any atom is -0.312 e. The van der Waals surface area contributed by atoms with Crippen LogP contribution in [0.15, 0.2) is 24.3 Å². The third-order valence-corrected chi connectivity index (χ3v) is 4.30. The molecule has 0 aromatic heterocycles. The van der Waals surface area contributed by atoms with Crippen molar-refractivity contribution in [1.29, 1.82) is 0 Å². The number of hydrogen-bond acceptors (Lipinski definition) is 2. The molecule has 1 unspecified atom stereocenters. The van der Waals surface area contributed by atoms with E-state index < -0.39 is 0 Å². The van der Waals surface area contributed by atoms with Gasteiger partial charge < -0.3 is 10.2 Å². The number of benzene rings is 1. The second-order valence-electron chi connectivity index (χ2n) is 7.35. The highest BCUT2D eigenvalue weighted by molar-refractivity contribution is 5.27. The van der Waals surface area contributed by atoms with Gasteiger partial charge in [0.25, 0.3) is 0 Å². The maximum absolute atomic E-state index is 3.62. The largest absolute Gasteiger partial charge is 0.312 e. The Hall–Kier alpha value is -0.860. The fraction of sp³-hybridized carbons (Fsp3) is 0.667. The molecule has 1 aromatic rings. The van der Waals surface area contributed by atoms with Crippen molar-refractivity contribution in [2.24, 2.45) is 5.92 Å². The van der Waals surface area contributed by atoms with Gasteiger partial charge in [-0.3, -0.25) is 0 Å². The van der Waals surface area contributed by atoms with Crippen LogP contribution >= 0.6 is 0 Å². The smallest absolute Gasteiger partial charge is 0.0205 e. The van der Waals surface area contributed by atoms with Gasteiger partial charge in [0.2, 0.25) is 0 Å². The Kier molecular flexibility index (Phi) is 5.22. The molecule has 112 valence electrons. The molecule has 2 heteroatoms. The molecule has 1 N–H and O–H groups in total. The Morgan fingerprint density at radius 3 is 2.50 bits per heavy atom. The third-order valence-electron chi connectivity index (χ3n) is 4.30. The van der Waals surface area contributed by atoms with Crippen LogP contribution < -0.4 is 5.32 Å². The lowest BCUT2D eigenvalue weighted by atomic mass is 9.87. The average molecular weight is 274 g/mol. The molecular formula is C18H30N2. The van der Waals surface area contributed by atoms with Gasteiger partial charge in [-0.15, -0.1) is 0 Å². The van der Waals surface area contributed by atoms with Crippen LogP contribution in [0.2, 0.25) is 0 Å². The molecule has 1 heterocycles. The lowest BCUT2D eigenvalue weighted by Gasteiger charge is -2.29. The fourth-order valence-electron chi connectivity index (χ4n) is 2.98. The molecule has 1 atom stereocenters. The van der Waals surface area contributed by atoms with Gasteiger partial charge in [-0.1, -0.05) is 45.0 Å². The first-order valence-corrected chi connectivity index (χ1v) is 7.94. The van der Waals surface area contributed by atoms with E-state index in [1.54, 1.807) is 0 Å². The van der Waals surface area contributed by atoms with Crippen LogP contribution in [-0.2, 0) is 12.0 Å². The summed E-state index contributed by atoms with van der Waals surface area (Å²) in [5.41, 5.74) is 3.05. The Morgan fingerprint density at radius 1 is 1.20 bits per heavy atom. The first-order chi connectivity index (χ1) is 9.45. The maximum Gasteiger partial charge on any atom is 0.0205 e. The zero-order valence-electron chi connectivity index (χ0n) is 13.6. The first kappa shape index (κ1) is 15.5. The number of nitrogens with one attached hydrogen (secondary N) is 1. The zero-order chi connectivity index (χ0) is 14.6. The highest BCUT2D eigenvalue weighted by Gasteiger charge is 2.16. The molecule has 1 aliphatic heterocycles. The van der Waals surface area contributed by atoms with Crippen molar-refractivity contribution in [3.63, 3.8) is 0 Å². The van der Waals surface area contributed by atoms with Crippen LogP contribution in [0.4, 0.5) is 0 Å². The summed E-state index contributed by atoms with van der Waals surface area (Å²) in [6, 6.07) is 9.07. The second kappa shape index (κ2) is 6.73. The molecule has 1 fully saturated rings. The van der Waals surface area contributed by atoms with E-state index >= 15 is 0 Å². The van der Waals surface area contributed by atoms with Gasteiger partial charge in [0.05, 0.1) is 0 Å². The van der Waals surface area contributed by atoms with Crippen molar-refractivity contribution in [2.45, 2.75) is 45.6 Å². The van der Waals surface area contributed by atoms with Crippen molar-refractivity contribution < 1.29 is 0 Å². The monoisotopic (exact) mass is 274 g/mol. The first-order valence-electron chi connectivity index (χ1n) is 7.94. The highest BCUT2D eigenvalue weighted by atomic mass is 15.1. The normalized spacial score (nSPS) is 21.1. The van der Waals surface area contributed by atoms with Gasteiger partial charge >= 0.3 is 0 Å². The number of rotatable bonds is 4. The van der Waals surface area contributed by atoms with Gasteiger partial charge in [0.1, 0.15) is 0 Å². The predicted molar refractivity (Wildman–Crippen MR) is 87.1 cm³/mol. The van der Waals surface area contributed by atoms with Crippen molar-refractivity contribution in [3.8, 4) is 0 Å².